The molecule has 69 heavy (non-hydrogen) atoms. The van der Waals surface area contributed by atoms with Gasteiger partial charge in [-0.1, -0.05) is 193 Å². The average Bonchev–Trinajstić information content (AvgIpc) is 3.31. The fourth-order valence-corrected chi connectivity index (χ4v) is 7.20. The summed E-state index contributed by atoms with van der Waals surface area (Å²) in [5, 5.41) is 9.67. The van der Waals surface area contributed by atoms with E-state index < -0.39 is 18.1 Å². The van der Waals surface area contributed by atoms with Gasteiger partial charge in [0.2, 0.25) is 0 Å². The normalized spacial score (nSPS) is 13.8. The van der Waals surface area contributed by atoms with E-state index in [1.165, 1.54) is 64.2 Å². The molecule has 0 aromatic carbocycles. The molecule has 0 aromatic heterocycles. The summed E-state index contributed by atoms with van der Waals surface area (Å²) in [6.07, 6.45) is 71.1. The number of carboxylic acid groups (broad SMARTS) is 1. The second-order valence-electron chi connectivity index (χ2n) is 18.7. The second kappa shape index (κ2) is 50.1. The Hall–Kier alpha value is -4.27. The number of ether oxygens (including phenoxy) is 3. The largest absolute Gasteiger partial charge is 0.477 e. The summed E-state index contributed by atoms with van der Waals surface area (Å²) in [6.45, 7) is 4.52. The maximum atomic E-state index is 12.8. The van der Waals surface area contributed by atoms with Crippen LogP contribution in [0.2, 0.25) is 0 Å². The van der Waals surface area contributed by atoms with Gasteiger partial charge in [0.25, 0.3) is 0 Å². The summed E-state index contributed by atoms with van der Waals surface area (Å²) >= 11 is 0. The van der Waals surface area contributed by atoms with Crippen LogP contribution in [0.1, 0.15) is 194 Å². The number of carboxylic acids is 1. The van der Waals surface area contributed by atoms with E-state index in [4.69, 9.17) is 14.2 Å². The topological polar surface area (TPSA) is 99.1 Å². The first kappa shape index (κ1) is 64.7. The quantitative estimate of drug-likeness (QED) is 0.0281. The zero-order valence-electron chi connectivity index (χ0n) is 44.5. The first-order chi connectivity index (χ1) is 33.6. The van der Waals surface area contributed by atoms with Crippen molar-refractivity contribution in [1.82, 2.24) is 0 Å². The molecule has 0 rings (SSSR count). The van der Waals surface area contributed by atoms with Crippen LogP contribution in [0.25, 0.3) is 0 Å². The molecule has 8 nitrogen and oxygen atoms in total. The molecule has 0 amide bonds. The van der Waals surface area contributed by atoms with Crippen molar-refractivity contribution in [3.63, 3.8) is 0 Å². The van der Waals surface area contributed by atoms with Gasteiger partial charge in [0.1, 0.15) is 6.61 Å². The van der Waals surface area contributed by atoms with E-state index in [1.807, 2.05) is 21.1 Å². The van der Waals surface area contributed by atoms with Gasteiger partial charge in [-0.15, -0.1) is 0 Å². The molecule has 2 atom stereocenters. The molecule has 0 radical (unpaired) electrons. The fraction of sp³-hybridized carbons (Fsp3) is 0.623. The molecule has 2 unspecified atom stereocenters. The third kappa shape index (κ3) is 48.5. The van der Waals surface area contributed by atoms with Gasteiger partial charge >= 0.3 is 17.9 Å². The predicted octanol–water partition coefficient (Wildman–Crippen LogP) is 16.1. The Kier molecular flexibility index (Phi) is 47.0. The van der Waals surface area contributed by atoms with Crippen molar-refractivity contribution < 1.29 is 38.2 Å². The molecule has 0 bridgehead atoms. The van der Waals surface area contributed by atoms with Gasteiger partial charge in [-0.3, -0.25) is 9.59 Å². The number of carbonyl (C=O) groups is 3. The predicted molar refractivity (Wildman–Crippen MR) is 293 cm³/mol. The molecule has 0 fully saturated rings. The minimum absolute atomic E-state index is 0.0326. The Labute approximate surface area is 422 Å². The Morgan fingerprint density at radius 2 is 0.826 bits per heavy atom. The van der Waals surface area contributed by atoms with Crippen molar-refractivity contribution in [1.29, 1.82) is 0 Å². The highest BCUT2D eigenvalue weighted by molar-refractivity contribution is 5.72. The maximum Gasteiger partial charge on any atom is 0.362 e. The summed E-state index contributed by atoms with van der Waals surface area (Å²) in [5.74, 6) is -1.56. The Balaban J connectivity index is 4.36. The maximum absolute atomic E-state index is 12.8. The standard InChI is InChI=1S/C61H99NO7/c1-6-8-10-12-14-16-18-20-22-24-26-28-30-32-33-35-37-39-41-43-45-47-49-51-59(63)68-56-57(55-67-54-53-58(61(65)66)62(3,4)5)69-60(64)52-50-48-46-44-42-40-38-36-34-31-29-27-25-23-21-19-17-15-13-11-9-7-2/h8,10,14-17,20-23,26-29,32-33,37,39,43,45,57-58H,6-7,9,11-13,18-19,24-25,30-31,34-36,38,40-42,44,46-56H2,1-5H3/p+1/b10-8+,16-14+,17-15+,22-20+,23-21+,28-26+,29-27+,33-32+,39-37+,45-43+. The van der Waals surface area contributed by atoms with Gasteiger partial charge in [0.05, 0.1) is 34.4 Å². The number of likely N-dealkylation sites (N-methyl/N-ethyl adjacent to an activating group) is 1. The van der Waals surface area contributed by atoms with Gasteiger partial charge in [0, 0.05) is 19.3 Å². The van der Waals surface area contributed by atoms with E-state index >= 15 is 0 Å². The zero-order valence-corrected chi connectivity index (χ0v) is 44.5. The van der Waals surface area contributed by atoms with Crippen LogP contribution in [0.15, 0.2) is 122 Å². The van der Waals surface area contributed by atoms with Crippen molar-refractivity contribution in [3.05, 3.63) is 122 Å². The van der Waals surface area contributed by atoms with Crippen LogP contribution in [-0.4, -0.2) is 80.6 Å². The van der Waals surface area contributed by atoms with Crippen LogP contribution >= 0.6 is 0 Å². The van der Waals surface area contributed by atoms with Crippen molar-refractivity contribution in [3.8, 4) is 0 Å². The minimum atomic E-state index is -0.888. The lowest BCUT2D eigenvalue weighted by molar-refractivity contribution is -0.887. The lowest BCUT2D eigenvalue weighted by Crippen LogP contribution is -2.50. The molecule has 0 aliphatic heterocycles. The molecule has 1 N–H and O–H groups in total. The van der Waals surface area contributed by atoms with E-state index in [1.54, 1.807) is 0 Å². The second-order valence-corrected chi connectivity index (χ2v) is 18.7. The van der Waals surface area contributed by atoms with Gasteiger partial charge in [0.15, 0.2) is 12.1 Å². The molecular weight excluding hydrogens is 859 g/mol. The molecule has 0 aliphatic rings. The molecule has 390 valence electrons. The minimum Gasteiger partial charge on any atom is -0.477 e. The van der Waals surface area contributed by atoms with Gasteiger partial charge in [-0.2, -0.15) is 0 Å². The van der Waals surface area contributed by atoms with Gasteiger partial charge < -0.3 is 23.8 Å². The van der Waals surface area contributed by atoms with Gasteiger partial charge in [-0.05, 0) is 103 Å². The molecule has 0 saturated heterocycles. The average molecular weight is 959 g/mol. The lowest BCUT2D eigenvalue weighted by atomic mass is 10.1. The summed E-state index contributed by atoms with van der Waals surface area (Å²) in [4.78, 5) is 37.2. The van der Waals surface area contributed by atoms with Crippen LogP contribution in [-0.2, 0) is 28.6 Å². The number of unbranched alkanes of at least 4 members (excludes halogenated alkanes) is 13. The van der Waals surface area contributed by atoms with Gasteiger partial charge in [-0.25, -0.2) is 4.79 Å². The van der Waals surface area contributed by atoms with E-state index in [0.717, 1.165) is 89.9 Å². The summed E-state index contributed by atoms with van der Waals surface area (Å²) in [6, 6.07) is -0.633. The highest BCUT2D eigenvalue weighted by atomic mass is 16.6. The van der Waals surface area contributed by atoms with Crippen molar-refractivity contribution in [2.45, 2.75) is 206 Å². The van der Waals surface area contributed by atoms with Crippen LogP contribution in [0.3, 0.4) is 0 Å². The van der Waals surface area contributed by atoms with Crippen molar-refractivity contribution in [2.24, 2.45) is 0 Å². The van der Waals surface area contributed by atoms with Crippen molar-refractivity contribution in [2.75, 3.05) is 41.0 Å². The molecule has 0 heterocycles. The highest BCUT2D eigenvalue weighted by Gasteiger charge is 2.31. The van der Waals surface area contributed by atoms with Crippen LogP contribution in [0, 0.1) is 0 Å². The van der Waals surface area contributed by atoms with Crippen LogP contribution in [0.5, 0.6) is 0 Å². The van der Waals surface area contributed by atoms with E-state index in [9.17, 15) is 19.5 Å². The lowest BCUT2D eigenvalue weighted by Gasteiger charge is -2.31. The van der Waals surface area contributed by atoms with Crippen LogP contribution in [0.4, 0.5) is 0 Å². The summed E-state index contributed by atoms with van der Waals surface area (Å²) in [5.41, 5.74) is 0. The number of aliphatic carboxylic acids is 1. The Bertz CT molecular complexity index is 1540. The molecule has 0 saturated carbocycles. The fourth-order valence-electron chi connectivity index (χ4n) is 7.20. The smallest absolute Gasteiger partial charge is 0.362 e. The van der Waals surface area contributed by atoms with E-state index in [-0.39, 0.29) is 42.7 Å². The number of nitrogens with zero attached hydrogens (tertiary/aromatic N) is 1. The first-order valence-electron chi connectivity index (χ1n) is 27.1. The number of hydrogen-bond donors (Lipinski definition) is 1. The number of hydrogen-bond acceptors (Lipinski definition) is 6. The Morgan fingerprint density at radius 1 is 0.449 bits per heavy atom. The number of quaternary nitrogens is 1. The highest BCUT2D eigenvalue weighted by Crippen LogP contribution is 2.14. The number of carbonyl (C=O) groups excluding carboxylic acids is 2. The SMILES string of the molecule is CC/C=C/C/C=C/C/C=C/C/C=C/C/C=C/C/C=C/C/C=C/CCCC(=O)OCC(COCCC(C(=O)O)[N+](C)(C)C)OC(=O)CCCCCCCCCCC/C=C/C/C=C/C/C=C/CCCCC. The van der Waals surface area contributed by atoms with Crippen LogP contribution < -0.4 is 0 Å². The zero-order chi connectivity index (χ0) is 50.6. The number of esters is 2. The van der Waals surface area contributed by atoms with Crippen molar-refractivity contribution >= 4 is 17.9 Å². The molecule has 8 heteroatoms. The van der Waals surface area contributed by atoms with E-state index in [2.05, 4.69) is 135 Å². The monoisotopic (exact) mass is 959 g/mol. The third-order valence-corrected chi connectivity index (χ3v) is 11.3. The Morgan fingerprint density at radius 3 is 1.25 bits per heavy atom. The summed E-state index contributed by atoms with van der Waals surface area (Å²) < 4.78 is 17.3. The molecule has 0 aliphatic carbocycles. The number of allylic oxidation sites excluding steroid dienone is 20. The molecule has 0 aromatic rings. The summed E-state index contributed by atoms with van der Waals surface area (Å²) in [7, 11) is 5.51. The first-order valence-corrected chi connectivity index (χ1v) is 27.1. The number of rotatable bonds is 47. The molecular formula is C61H100NO7+. The third-order valence-electron chi connectivity index (χ3n) is 11.3. The molecule has 0 spiro atoms. The van der Waals surface area contributed by atoms with E-state index in [0.29, 0.717) is 19.3 Å².